The van der Waals surface area contributed by atoms with Crippen molar-refractivity contribution in [2.75, 3.05) is 13.9 Å². The van der Waals surface area contributed by atoms with Crippen LogP contribution in [-0.2, 0) is 4.74 Å². The standard InChI is InChI=1S/C14H11BrN2O4S/c1-20-7-21-11-6-9(15)8(4-10(11)18)5-12-13(19)17-3-2-16-14(17)22-12/h2-6,18H,7H2,1H3/b12-5-. The summed E-state index contributed by atoms with van der Waals surface area (Å²) in [6.45, 7) is 0.0376. The Morgan fingerprint density at radius 2 is 2.32 bits per heavy atom. The summed E-state index contributed by atoms with van der Waals surface area (Å²) < 4.78 is 12.8. The summed E-state index contributed by atoms with van der Waals surface area (Å²) >= 11 is 4.69. The first-order valence-electron chi connectivity index (χ1n) is 6.22. The van der Waals surface area contributed by atoms with E-state index in [9.17, 15) is 9.90 Å². The summed E-state index contributed by atoms with van der Waals surface area (Å²) in [6, 6.07) is 3.15. The molecule has 114 valence electrons. The minimum absolute atomic E-state index is 0.0275. The quantitative estimate of drug-likeness (QED) is 0.695. The Labute approximate surface area is 137 Å². The Morgan fingerprint density at radius 3 is 3.05 bits per heavy atom. The SMILES string of the molecule is COCOc1cc(Br)c(/C=c2\sc3nccn3c2=O)cc1O. The summed E-state index contributed by atoms with van der Waals surface area (Å²) in [6.07, 6.45) is 4.91. The van der Waals surface area contributed by atoms with Gasteiger partial charge in [-0.3, -0.25) is 9.20 Å². The van der Waals surface area contributed by atoms with E-state index in [0.29, 0.717) is 25.3 Å². The summed E-state index contributed by atoms with van der Waals surface area (Å²) in [5.74, 6) is 0.273. The highest BCUT2D eigenvalue weighted by molar-refractivity contribution is 9.10. The summed E-state index contributed by atoms with van der Waals surface area (Å²) in [5, 5.41) is 9.98. The lowest BCUT2D eigenvalue weighted by atomic mass is 10.2. The van der Waals surface area contributed by atoms with Crippen LogP contribution in [0.5, 0.6) is 11.5 Å². The Hall–Kier alpha value is -1.90. The number of hydrogen-bond donors (Lipinski definition) is 1. The molecule has 22 heavy (non-hydrogen) atoms. The zero-order valence-electron chi connectivity index (χ0n) is 11.4. The van der Waals surface area contributed by atoms with Gasteiger partial charge in [0, 0.05) is 24.0 Å². The van der Waals surface area contributed by atoms with Crippen molar-refractivity contribution in [3.05, 3.63) is 49.4 Å². The smallest absolute Gasteiger partial charge is 0.274 e. The van der Waals surface area contributed by atoms with E-state index in [1.54, 1.807) is 24.5 Å². The molecule has 3 rings (SSSR count). The van der Waals surface area contributed by atoms with Crippen molar-refractivity contribution in [2.45, 2.75) is 0 Å². The average Bonchev–Trinajstić information content (AvgIpc) is 3.05. The van der Waals surface area contributed by atoms with Crippen molar-refractivity contribution >= 4 is 38.3 Å². The number of ether oxygens (including phenoxy) is 2. The molecule has 0 saturated carbocycles. The largest absolute Gasteiger partial charge is 0.504 e. The van der Waals surface area contributed by atoms with Crippen LogP contribution in [0.25, 0.3) is 11.0 Å². The van der Waals surface area contributed by atoms with E-state index in [-0.39, 0.29) is 18.1 Å². The molecule has 0 unspecified atom stereocenters. The van der Waals surface area contributed by atoms with Crippen molar-refractivity contribution in [3.63, 3.8) is 0 Å². The molecule has 2 heterocycles. The van der Waals surface area contributed by atoms with Gasteiger partial charge in [-0.1, -0.05) is 27.3 Å². The first kappa shape index (κ1) is 15.0. The molecule has 2 aromatic heterocycles. The van der Waals surface area contributed by atoms with E-state index in [1.807, 2.05) is 0 Å². The number of aromatic nitrogens is 2. The lowest BCUT2D eigenvalue weighted by molar-refractivity contribution is 0.0491. The molecule has 0 atom stereocenters. The van der Waals surface area contributed by atoms with E-state index in [0.717, 1.165) is 0 Å². The zero-order chi connectivity index (χ0) is 15.7. The number of phenolic OH excluding ortho intramolecular Hbond substituents is 1. The molecule has 0 spiro atoms. The third-order valence-corrected chi connectivity index (χ3v) is 4.62. The van der Waals surface area contributed by atoms with E-state index < -0.39 is 0 Å². The van der Waals surface area contributed by atoms with Crippen molar-refractivity contribution in [3.8, 4) is 11.5 Å². The monoisotopic (exact) mass is 382 g/mol. The Balaban J connectivity index is 2.06. The molecule has 3 aromatic rings. The molecule has 1 aromatic carbocycles. The van der Waals surface area contributed by atoms with Crippen LogP contribution in [0.4, 0.5) is 0 Å². The van der Waals surface area contributed by atoms with E-state index in [2.05, 4.69) is 20.9 Å². The molecule has 0 fully saturated rings. The number of fused-ring (bicyclic) bond motifs is 1. The van der Waals surface area contributed by atoms with Crippen LogP contribution >= 0.6 is 27.3 Å². The summed E-state index contributed by atoms with van der Waals surface area (Å²) in [5.41, 5.74) is 0.535. The molecule has 8 heteroatoms. The topological polar surface area (TPSA) is 73.1 Å². The first-order valence-corrected chi connectivity index (χ1v) is 7.83. The fraction of sp³-hybridized carbons (Fsp3) is 0.143. The fourth-order valence-electron chi connectivity index (χ4n) is 1.92. The van der Waals surface area contributed by atoms with Gasteiger partial charge in [0.05, 0.1) is 4.53 Å². The van der Waals surface area contributed by atoms with Gasteiger partial charge in [-0.2, -0.15) is 0 Å². The van der Waals surface area contributed by atoms with Gasteiger partial charge in [0.1, 0.15) is 0 Å². The highest BCUT2D eigenvalue weighted by atomic mass is 79.9. The second kappa shape index (κ2) is 6.07. The van der Waals surface area contributed by atoms with Gasteiger partial charge in [-0.05, 0) is 23.8 Å². The van der Waals surface area contributed by atoms with Crippen molar-refractivity contribution in [2.24, 2.45) is 0 Å². The van der Waals surface area contributed by atoms with Gasteiger partial charge < -0.3 is 14.6 Å². The minimum Gasteiger partial charge on any atom is -0.504 e. The number of phenols is 1. The first-order chi connectivity index (χ1) is 10.6. The number of halogens is 1. The molecular weight excluding hydrogens is 372 g/mol. The van der Waals surface area contributed by atoms with Crippen LogP contribution in [0.2, 0.25) is 0 Å². The van der Waals surface area contributed by atoms with E-state index >= 15 is 0 Å². The number of nitrogens with zero attached hydrogens (tertiary/aromatic N) is 2. The molecule has 6 nitrogen and oxygen atoms in total. The van der Waals surface area contributed by atoms with Crippen molar-refractivity contribution in [1.29, 1.82) is 0 Å². The van der Waals surface area contributed by atoms with Crippen LogP contribution < -0.4 is 14.8 Å². The molecule has 0 bridgehead atoms. The van der Waals surface area contributed by atoms with Crippen molar-refractivity contribution < 1.29 is 14.6 Å². The highest BCUT2D eigenvalue weighted by Crippen LogP contribution is 2.33. The lowest BCUT2D eigenvalue weighted by Gasteiger charge is -2.08. The van der Waals surface area contributed by atoms with Crippen LogP contribution in [0.15, 0.2) is 33.8 Å². The van der Waals surface area contributed by atoms with Gasteiger partial charge in [-0.25, -0.2) is 4.98 Å². The normalized spacial score (nSPS) is 12.2. The number of thiazole rings is 1. The number of rotatable bonds is 4. The molecule has 0 aliphatic heterocycles. The number of hydrogen-bond acceptors (Lipinski definition) is 6. The van der Waals surface area contributed by atoms with Gasteiger partial charge in [0.15, 0.2) is 23.3 Å². The number of aromatic hydroxyl groups is 1. The predicted molar refractivity (Wildman–Crippen MR) is 86.4 cm³/mol. The Kier molecular flexibility index (Phi) is 4.14. The minimum atomic E-state index is -0.136. The maximum Gasteiger partial charge on any atom is 0.274 e. The zero-order valence-corrected chi connectivity index (χ0v) is 13.8. The van der Waals surface area contributed by atoms with E-state index in [1.165, 1.54) is 28.9 Å². The van der Waals surface area contributed by atoms with Crippen LogP contribution in [-0.4, -0.2) is 28.4 Å². The predicted octanol–water partition coefficient (Wildman–Crippen LogP) is 1.75. The molecule has 0 aliphatic carbocycles. The summed E-state index contributed by atoms with van der Waals surface area (Å²) in [4.78, 5) is 16.9. The van der Waals surface area contributed by atoms with E-state index in [4.69, 9.17) is 9.47 Å². The molecular formula is C14H11BrN2O4S. The molecule has 0 aliphatic rings. The van der Waals surface area contributed by atoms with Gasteiger partial charge in [0.2, 0.25) is 0 Å². The Morgan fingerprint density at radius 1 is 1.50 bits per heavy atom. The van der Waals surface area contributed by atoms with Crippen LogP contribution in [0.1, 0.15) is 5.56 Å². The maximum absolute atomic E-state index is 12.2. The average molecular weight is 383 g/mol. The van der Waals surface area contributed by atoms with Gasteiger partial charge in [0.25, 0.3) is 5.56 Å². The fourth-order valence-corrected chi connectivity index (χ4v) is 3.28. The number of imidazole rings is 1. The molecule has 0 radical (unpaired) electrons. The number of methoxy groups -OCH3 is 1. The maximum atomic E-state index is 12.2. The molecule has 0 amide bonds. The van der Waals surface area contributed by atoms with Crippen LogP contribution in [0, 0.1) is 0 Å². The third-order valence-electron chi connectivity index (χ3n) is 2.93. The van der Waals surface area contributed by atoms with Crippen molar-refractivity contribution in [1.82, 2.24) is 9.38 Å². The van der Waals surface area contributed by atoms with Gasteiger partial charge >= 0.3 is 0 Å². The third kappa shape index (κ3) is 2.72. The Bertz CT molecular complexity index is 934. The highest BCUT2D eigenvalue weighted by Gasteiger charge is 2.09. The molecule has 1 N–H and O–H groups in total. The number of benzene rings is 1. The second-order valence-corrected chi connectivity index (χ2v) is 6.25. The lowest BCUT2D eigenvalue weighted by Crippen LogP contribution is -2.22. The second-order valence-electron chi connectivity index (χ2n) is 4.39. The molecule has 0 saturated heterocycles. The summed E-state index contributed by atoms with van der Waals surface area (Å²) in [7, 11) is 1.50. The van der Waals surface area contributed by atoms with Gasteiger partial charge in [-0.15, -0.1) is 0 Å². The van der Waals surface area contributed by atoms with Crippen LogP contribution in [0.3, 0.4) is 0 Å².